The molecule has 6 aromatic rings. The van der Waals surface area contributed by atoms with Crippen LogP contribution in [-0.4, -0.2) is 47.9 Å². The van der Waals surface area contributed by atoms with Crippen LogP contribution >= 0.6 is 0 Å². The van der Waals surface area contributed by atoms with E-state index in [1.165, 1.54) is 10.8 Å². The molecule has 0 spiro atoms. The van der Waals surface area contributed by atoms with E-state index in [2.05, 4.69) is 53.5 Å². The lowest BCUT2D eigenvalue weighted by atomic mass is 9.90. The number of Topliss-reactive ketones (excluding diaryl/α,β-unsaturated/α-hetero) is 1. The number of benzene rings is 5. The van der Waals surface area contributed by atoms with Crippen LogP contribution in [0.25, 0.3) is 21.7 Å². The van der Waals surface area contributed by atoms with E-state index in [9.17, 15) is 15.0 Å². The number of carbonyl (C=O) groups is 1. The molecule has 0 bridgehead atoms. The molecule has 8 nitrogen and oxygen atoms in total. The quantitative estimate of drug-likeness (QED) is 0.108. The first kappa shape index (κ1) is 32.1. The highest BCUT2D eigenvalue weighted by Crippen LogP contribution is 2.53. The van der Waals surface area contributed by atoms with E-state index >= 15 is 0 Å². The molecule has 3 N–H and O–H groups in total. The number of hydrogen-bond acceptors (Lipinski definition) is 7. The first-order valence-corrected chi connectivity index (χ1v) is 16.7. The Morgan fingerprint density at radius 2 is 1.61 bits per heavy atom. The highest BCUT2D eigenvalue weighted by molar-refractivity contribution is 6.07. The van der Waals surface area contributed by atoms with Crippen LogP contribution in [0.4, 0.5) is 0 Å². The number of H-pyrrole nitrogens is 1. The van der Waals surface area contributed by atoms with Crippen LogP contribution in [0.3, 0.4) is 0 Å². The maximum atomic E-state index is 14.1. The van der Waals surface area contributed by atoms with Crippen LogP contribution in [0.5, 0.6) is 28.7 Å². The van der Waals surface area contributed by atoms with Crippen LogP contribution in [0.2, 0.25) is 0 Å². The largest absolute Gasteiger partial charge is 0.508 e. The second-order valence-corrected chi connectivity index (χ2v) is 12.2. The maximum absolute atomic E-state index is 14.1. The topological polar surface area (TPSA) is 110 Å². The molecule has 0 saturated heterocycles. The third-order valence-corrected chi connectivity index (χ3v) is 9.15. The Morgan fingerprint density at radius 1 is 0.796 bits per heavy atom. The molecule has 250 valence electrons. The molecule has 0 amide bonds. The Kier molecular flexibility index (Phi) is 9.39. The number of methoxy groups -OCH3 is 1. The smallest absolute Gasteiger partial charge is 0.204 e. The van der Waals surface area contributed by atoms with Crippen molar-refractivity contribution in [1.29, 1.82) is 0 Å². The lowest BCUT2D eigenvalue weighted by molar-refractivity contribution is 0.0836. The number of aliphatic hydroxyl groups excluding tert-OH is 1. The Bertz CT molecular complexity index is 2090. The van der Waals surface area contributed by atoms with Crippen LogP contribution < -0.4 is 18.9 Å². The van der Waals surface area contributed by atoms with Crippen molar-refractivity contribution in [3.8, 4) is 28.7 Å². The minimum atomic E-state index is -0.574. The number of fused-ring (bicyclic) bond motifs is 4. The molecule has 49 heavy (non-hydrogen) atoms. The zero-order valence-electron chi connectivity index (χ0n) is 27.4. The summed E-state index contributed by atoms with van der Waals surface area (Å²) in [6.45, 7) is 0.480. The van der Waals surface area contributed by atoms with Crippen molar-refractivity contribution < 1.29 is 34.0 Å². The summed E-state index contributed by atoms with van der Waals surface area (Å²) in [4.78, 5) is 17.4. The first-order valence-electron chi connectivity index (χ1n) is 16.7. The lowest BCUT2D eigenvalue weighted by Gasteiger charge is -2.31. The van der Waals surface area contributed by atoms with Crippen LogP contribution in [0.1, 0.15) is 51.6 Å². The number of ketones is 1. The van der Waals surface area contributed by atoms with Gasteiger partial charge in [-0.05, 0) is 64.6 Å². The zero-order chi connectivity index (χ0) is 33.7. The monoisotopic (exact) mass is 657 g/mol. The zero-order valence-corrected chi connectivity index (χ0v) is 27.4. The summed E-state index contributed by atoms with van der Waals surface area (Å²) in [5, 5.41) is 22.9. The Labute approximate surface area is 284 Å². The van der Waals surface area contributed by atoms with E-state index in [4.69, 9.17) is 18.9 Å². The number of ether oxygens (including phenoxy) is 4. The van der Waals surface area contributed by atoms with Gasteiger partial charge in [-0.2, -0.15) is 0 Å². The van der Waals surface area contributed by atoms with E-state index in [0.717, 1.165) is 33.2 Å². The molecule has 7 rings (SSSR count). The molecule has 0 fully saturated rings. The molecular weight excluding hydrogens is 618 g/mol. The van der Waals surface area contributed by atoms with Crippen molar-refractivity contribution in [2.24, 2.45) is 0 Å². The average Bonchev–Trinajstić information content (AvgIpc) is 3.62. The second-order valence-electron chi connectivity index (χ2n) is 12.2. The average molecular weight is 658 g/mol. The number of phenols is 1. The van der Waals surface area contributed by atoms with Crippen molar-refractivity contribution in [2.75, 3.05) is 26.9 Å². The molecule has 1 atom stereocenters. The molecule has 1 aliphatic rings. The highest BCUT2D eigenvalue weighted by atomic mass is 16.5. The van der Waals surface area contributed by atoms with Crippen molar-refractivity contribution in [3.05, 3.63) is 125 Å². The van der Waals surface area contributed by atoms with Gasteiger partial charge in [0.05, 0.1) is 26.7 Å². The van der Waals surface area contributed by atoms with Gasteiger partial charge < -0.3 is 34.1 Å². The van der Waals surface area contributed by atoms with Gasteiger partial charge in [0, 0.05) is 42.1 Å². The van der Waals surface area contributed by atoms with Gasteiger partial charge >= 0.3 is 0 Å². The fraction of sp³-hybridized carbons (Fsp3) is 0.244. The minimum absolute atomic E-state index is 0.0590. The molecule has 0 saturated carbocycles. The number of hydrogen-bond donors (Lipinski definition) is 3. The van der Waals surface area contributed by atoms with E-state index in [1.807, 2.05) is 24.4 Å². The third-order valence-electron chi connectivity index (χ3n) is 9.15. The van der Waals surface area contributed by atoms with Crippen molar-refractivity contribution in [2.45, 2.75) is 38.2 Å². The van der Waals surface area contributed by atoms with Gasteiger partial charge in [-0.1, -0.05) is 66.7 Å². The predicted molar refractivity (Wildman–Crippen MR) is 189 cm³/mol. The van der Waals surface area contributed by atoms with Crippen LogP contribution in [-0.2, 0) is 19.3 Å². The van der Waals surface area contributed by atoms with Gasteiger partial charge in [0.25, 0.3) is 0 Å². The molecule has 2 heterocycles. The number of phenolic OH excluding ortho intramolecular Hbond substituents is 1. The third kappa shape index (κ3) is 6.52. The molecule has 8 heteroatoms. The van der Waals surface area contributed by atoms with Crippen molar-refractivity contribution in [1.82, 2.24) is 4.98 Å². The van der Waals surface area contributed by atoms with Gasteiger partial charge in [0.15, 0.2) is 17.3 Å². The van der Waals surface area contributed by atoms with Gasteiger partial charge in [0.1, 0.15) is 23.2 Å². The number of aromatic hydroxyl groups is 1. The number of aliphatic hydroxyl groups is 1. The normalized spacial score (nSPS) is 14.1. The predicted octanol–water partition coefficient (Wildman–Crippen LogP) is 7.91. The number of aromatic nitrogens is 1. The number of aromatic amines is 1. The number of nitrogens with one attached hydrogen (secondary N) is 1. The Hall–Kier alpha value is -5.47. The molecule has 0 aliphatic carbocycles. The van der Waals surface area contributed by atoms with Crippen LogP contribution in [0, 0.1) is 0 Å². The molecule has 5 aromatic carbocycles. The lowest BCUT2D eigenvalue weighted by Crippen LogP contribution is -2.24. The summed E-state index contributed by atoms with van der Waals surface area (Å²) in [5.41, 5.74) is 5.20. The van der Waals surface area contributed by atoms with E-state index < -0.39 is 6.10 Å². The first-order chi connectivity index (χ1) is 24.1. The van der Waals surface area contributed by atoms with Gasteiger partial charge in [-0.15, -0.1) is 0 Å². The summed E-state index contributed by atoms with van der Waals surface area (Å²) < 4.78 is 25.6. The Morgan fingerprint density at radius 3 is 2.41 bits per heavy atom. The highest BCUT2D eigenvalue weighted by Gasteiger charge is 2.38. The molecule has 1 aliphatic heterocycles. The van der Waals surface area contributed by atoms with Gasteiger partial charge in [-0.25, -0.2) is 0 Å². The minimum Gasteiger partial charge on any atom is -0.508 e. The summed E-state index contributed by atoms with van der Waals surface area (Å²) in [6, 6.07) is 29.5. The fourth-order valence-electron chi connectivity index (χ4n) is 6.72. The van der Waals surface area contributed by atoms with Crippen molar-refractivity contribution >= 4 is 27.5 Å². The maximum Gasteiger partial charge on any atom is 0.204 e. The van der Waals surface area contributed by atoms with E-state index in [0.29, 0.717) is 55.1 Å². The van der Waals surface area contributed by atoms with Crippen LogP contribution in [0.15, 0.2) is 97.2 Å². The standard InChI is InChI=1S/C41H39NO7/c1-46-41-39(48-24-20-26-7-3-2-4-8-26)33(16-13-27-9-5-10-31-30(27)17-18-34-32(31)19-21-42-34)38-37(40(41)47-23-6-22-43)35(45)25-36(49-38)28-11-14-29(44)15-12-28/h2-5,7-12,14-15,17-19,21,36,42-44H,6,13,16,20,22-25H2,1H3. The summed E-state index contributed by atoms with van der Waals surface area (Å²) in [6.07, 6.45) is 3.64. The SMILES string of the molecule is COc1c(OCCc2ccccc2)c(CCc2cccc3c2ccc2[nH]ccc23)c2c(c1OCCCO)C(=O)CC(c1ccc(O)cc1)O2. The van der Waals surface area contributed by atoms with E-state index in [1.54, 1.807) is 31.4 Å². The summed E-state index contributed by atoms with van der Waals surface area (Å²) in [5.74, 6) is 1.48. The van der Waals surface area contributed by atoms with E-state index in [-0.39, 0.29) is 36.9 Å². The van der Waals surface area contributed by atoms with Gasteiger partial charge in [0.2, 0.25) is 5.75 Å². The number of carbonyl (C=O) groups excluding carboxylic acids is 1. The second kappa shape index (κ2) is 14.3. The summed E-state index contributed by atoms with van der Waals surface area (Å²) in [7, 11) is 1.55. The van der Waals surface area contributed by atoms with Gasteiger partial charge in [-0.3, -0.25) is 4.79 Å². The number of rotatable bonds is 13. The molecule has 0 radical (unpaired) electrons. The molecular formula is C41H39NO7. The fourth-order valence-corrected chi connectivity index (χ4v) is 6.72. The number of aryl methyl sites for hydroxylation is 1. The molecule has 1 unspecified atom stereocenters. The molecule has 1 aromatic heterocycles. The summed E-state index contributed by atoms with van der Waals surface area (Å²) >= 11 is 0. The van der Waals surface area contributed by atoms with Crippen molar-refractivity contribution in [3.63, 3.8) is 0 Å². The Balaban J connectivity index is 1.34.